The molecule has 0 amide bonds. The van der Waals surface area contributed by atoms with E-state index in [0.717, 1.165) is 5.56 Å². The number of halogens is 1. The molecule has 2 aromatic carbocycles. The first kappa shape index (κ1) is 14.4. The van der Waals surface area contributed by atoms with Crippen molar-refractivity contribution in [3.8, 4) is 11.1 Å². The van der Waals surface area contributed by atoms with Crippen molar-refractivity contribution in [2.45, 2.75) is 33.1 Å². The molecule has 0 saturated carbocycles. The second kappa shape index (κ2) is 5.20. The summed E-state index contributed by atoms with van der Waals surface area (Å²) in [5.41, 5.74) is 1.93. The van der Waals surface area contributed by atoms with Crippen molar-refractivity contribution in [1.29, 1.82) is 0 Å². The van der Waals surface area contributed by atoms with Crippen molar-refractivity contribution in [2.24, 2.45) is 0 Å². The summed E-state index contributed by atoms with van der Waals surface area (Å²) in [4.78, 5) is 12.7. The van der Waals surface area contributed by atoms with Gasteiger partial charge in [0.05, 0.1) is 0 Å². The Bertz CT molecular complexity index is 696. The highest BCUT2D eigenvalue weighted by molar-refractivity contribution is 5.65. The maximum Gasteiger partial charge on any atom is 0.190 e. The van der Waals surface area contributed by atoms with E-state index in [9.17, 15) is 9.18 Å². The van der Waals surface area contributed by atoms with Gasteiger partial charge in [0.2, 0.25) is 0 Å². The van der Waals surface area contributed by atoms with E-state index in [1.54, 1.807) is 18.2 Å². The minimum Gasteiger partial charge on any atom is -0.289 e. The zero-order chi connectivity index (χ0) is 14.9. The van der Waals surface area contributed by atoms with E-state index in [4.69, 9.17) is 0 Å². The molecule has 2 rings (SSSR count). The van der Waals surface area contributed by atoms with Gasteiger partial charge in [-0.05, 0) is 24.0 Å². The van der Waals surface area contributed by atoms with Gasteiger partial charge < -0.3 is 0 Å². The van der Waals surface area contributed by atoms with E-state index >= 15 is 0 Å². The molecule has 2 heteroatoms. The molecule has 0 heterocycles. The van der Waals surface area contributed by atoms with Crippen LogP contribution in [-0.4, -0.2) is 0 Å². The van der Waals surface area contributed by atoms with Gasteiger partial charge in [-0.25, -0.2) is 4.39 Å². The molecule has 0 aliphatic heterocycles. The van der Waals surface area contributed by atoms with E-state index in [2.05, 4.69) is 0 Å². The van der Waals surface area contributed by atoms with Crippen LogP contribution in [0.2, 0.25) is 0 Å². The summed E-state index contributed by atoms with van der Waals surface area (Å²) < 4.78 is 14.1. The second-order valence-electron chi connectivity index (χ2n) is 6.11. The number of benzene rings is 1. The predicted octanol–water partition coefficient (Wildman–Crippen LogP) is 4.46. The SMILES string of the molecule is Cc1ccc(-c2ccccc(C(C)(C)C)c2=O)c(F)c1. The van der Waals surface area contributed by atoms with Gasteiger partial charge in [0, 0.05) is 16.7 Å². The van der Waals surface area contributed by atoms with Crippen molar-refractivity contribution in [1.82, 2.24) is 0 Å². The largest absolute Gasteiger partial charge is 0.289 e. The van der Waals surface area contributed by atoms with Gasteiger partial charge in [-0.2, -0.15) is 0 Å². The van der Waals surface area contributed by atoms with Crippen LogP contribution in [-0.2, 0) is 5.41 Å². The summed E-state index contributed by atoms with van der Waals surface area (Å²) in [6.45, 7) is 7.79. The fourth-order valence-electron chi connectivity index (χ4n) is 2.24. The summed E-state index contributed by atoms with van der Waals surface area (Å²) in [6, 6.07) is 12.1. The van der Waals surface area contributed by atoms with Gasteiger partial charge in [-0.1, -0.05) is 57.2 Å². The zero-order valence-corrected chi connectivity index (χ0v) is 12.3. The summed E-state index contributed by atoms with van der Waals surface area (Å²) in [7, 11) is 0. The van der Waals surface area contributed by atoms with Crippen LogP contribution in [0.1, 0.15) is 31.9 Å². The van der Waals surface area contributed by atoms with Gasteiger partial charge in [-0.3, -0.25) is 4.79 Å². The van der Waals surface area contributed by atoms with Crippen molar-refractivity contribution < 1.29 is 4.39 Å². The Morgan fingerprint density at radius 2 is 1.60 bits per heavy atom. The highest BCUT2D eigenvalue weighted by atomic mass is 19.1. The van der Waals surface area contributed by atoms with E-state index in [1.807, 2.05) is 45.9 Å². The van der Waals surface area contributed by atoms with Crippen LogP contribution in [0.3, 0.4) is 0 Å². The fraction of sp³-hybridized carbons (Fsp3) is 0.278. The van der Waals surface area contributed by atoms with Crippen LogP contribution < -0.4 is 5.43 Å². The lowest BCUT2D eigenvalue weighted by Gasteiger charge is -2.17. The van der Waals surface area contributed by atoms with Gasteiger partial charge in [0.25, 0.3) is 0 Å². The Kier molecular flexibility index (Phi) is 3.76. The molecule has 0 spiro atoms. The highest BCUT2D eigenvalue weighted by Gasteiger charge is 2.19. The van der Waals surface area contributed by atoms with Crippen LogP contribution in [0.15, 0.2) is 47.3 Å². The van der Waals surface area contributed by atoms with E-state index in [0.29, 0.717) is 16.7 Å². The van der Waals surface area contributed by atoms with Gasteiger partial charge >= 0.3 is 0 Å². The molecule has 0 aromatic heterocycles. The maximum absolute atomic E-state index is 14.1. The molecule has 0 bridgehead atoms. The average Bonchev–Trinajstić information content (AvgIpc) is 2.51. The molecule has 0 fully saturated rings. The molecular formula is C18H19FO. The molecule has 0 atom stereocenters. The number of hydrogen-bond donors (Lipinski definition) is 0. The third-order valence-electron chi connectivity index (χ3n) is 3.35. The Morgan fingerprint density at radius 3 is 2.20 bits per heavy atom. The summed E-state index contributed by atoms with van der Waals surface area (Å²) in [5.74, 6) is -0.354. The Morgan fingerprint density at radius 1 is 0.950 bits per heavy atom. The second-order valence-corrected chi connectivity index (χ2v) is 6.11. The summed E-state index contributed by atoms with van der Waals surface area (Å²) >= 11 is 0. The van der Waals surface area contributed by atoms with Crippen LogP contribution >= 0.6 is 0 Å². The van der Waals surface area contributed by atoms with Crippen molar-refractivity contribution in [2.75, 3.05) is 0 Å². The minimum absolute atomic E-state index is 0.106. The topological polar surface area (TPSA) is 17.1 Å². The first-order chi connectivity index (χ1) is 9.30. The van der Waals surface area contributed by atoms with Crippen LogP contribution in [0.5, 0.6) is 0 Å². The summed E-state index contributed by atoms with van der Waals surface area (Å²) in [6.07, 6.45) is 0. The first-order valence-electron chi connectivity index (χ1n) is 6.71. The minimum atomic E-state index is -0.354. The van der Waals surface area contributed by atoms with Crippen molar-refractivity contribution >= 4 is 0 Å². The molecule has 1 nitrogen and oxygen atoms in total. The normalized spacial score (nSPS) is 11.4. The average molecular weight is 270 g/mol. The van der Waals surface area contributed by atoms with E-state index < -0.39 is 0 Å². The smallest absolute Gasteiger partial charge is 0.190 e. The molecule has 2 aromatic rings. The molecule has 20 heavy (non-hydrogen) atoms. The standard InChI is InChI=1S/C18H19FO/c1-12-9-10-13(16(19)11-12)14-7-5-6-8-15(17(14)20)18(2,3)4/h5-11H,1-4H3. The quantitative estimate of drug-likeness (QED) is 0.747. The lowest BCUT2D eigenvalue weighted by Crippen LogP contribution is -2.22. The molecule has 0 N–H and O–H groups in total. The van der Waals surface area contributed by atoms with Gasteiger partial charge in [0.1, 0.15) is 5.82 Å². The van der Waals surface area contributed by atoms with E-state index in [1.165, 1.54) is 6.07 Å². The lowest BCUT2D eigenvalue weighted by molar-refractivity contribution is 0.586. The van der Waals surface area contributed by atoms with Gasteiger partial charge in [0.15, 0.2) is 5.43 Å². The third-order valence-corrected chi connectivity index (χ3v) is 3.35. The Labute approximate surface area is 119 Å². The fourth-order valence-corrected chi connectivity index (χ4v) is 2.24. The van der Waals surface area contributed by atoms with Crippen molar-refractivity contribution in [3.05, 3.63) is 69.6 Å². The molecule has 0 aliphatic rings. The molecule has 0 aliphatic carbocycles. The molecular weight excluding hydrogens is 251 g/mol. The zero-order valence-electron chi connectivity index (χ0n) is 12.3. The summed E-state index contributed by atoms with van der Waals surface area (Å²) in [5, 5.41) is 0. The lowest BCUT2D eigenvalue weighted by atomic mass is 9.86. The van der Waals surface area contributed by atoms with Crippen LogP contribution in [0.25, 0.3) is 11.1 Å². The highest BCUT2D eigenvalue weighted by Crippen LogP contribution is 2.24. The third kappa shape index (κ3) is 2.79. The van der Waals surface area contributed by atoms with Gasteiger partial charge in [-0.15, -0.1) is 0 Å². The Hall–Kier alpha value is -1.96. The maximum atomic E-state index is 14.1. The molecule has 0 radical (unpaired) electrons. The number of rotatable bonds is 1. The number of aryl methyl sites for hydroxylation is 1. The van der Waals surface area contributed by atoms with E-state index in [-0.39, 0.29) is 16.7 Å². The van der Waals surface area contributed by atoms with Crippen LogP contribution in [0.4, 0.5) is 4.39 Å². The molecule has 104 valence electrons. The van der Waals surface area contributed by atoms with Crippen molar-refractivity contribution in [3.63, 3.8) is 0 Å². The monoisotopic (exact) mass is 270 g/mol. The molecule has 0 unspecified atom stereocenters. The number of hydrogen-bond acceptors (Lipinski definition) is 1. The molecule has 0 saturated heterocycles. The predicted molar refractivity (Wildman–Crippen MR) is 81.5 cm³/mol. The van der Waals surface area contributed by atoms with Crippen LogP contribution in [0, 0.1) is 12.7 Å². The first-order valence-corrected chi connectivity index (χ1v) is 6.71. The Balaban J connectivity index is 2.77.